The highest BCUT2D eigenvalue weighted by Crippen LogP contribution is 2.28. The highest BCUT2D eigenvalue weighted by molar-refractivity contribution is 14.1. The van der Waals surface area contributed by atoms with Crippen molar-refractivity contribution >= 4 is 22.6 Å². The normalized spacial score (nSPS) is 29.9. The summed E-state index contributed by atoms with van der Waals surface area (Å²) in [5.41, 5.74) is 1.30. The third kappa shape index (κ3) is 2.16. The SMILES string of the molecule is Ic1ccc(CN2CC3CC(C2)O3)cn1. The molecule has 1 aromatic heterocycles. The van der Waals surface area contributed by atoms with E-state index in [9.17, 15) is 0 Å². The minimum absolute atomic E-state index is 0.501. The van der Waals surface area contributed by atoms with Gasteiger partial charge in [-0.05, 0) is 34.2 Å². The number of ether oxygens (including phenoxy) is 1. The van der Waals surface area contributed by atoms with Crippen LogP contribution in [0.3, 0.4) is 0 Å². The van der Waals surface area contributed by atoms with Crippen molar-refractivity contribution in [3.05, 3.63) is 27.6 Å². The number of morpholine rings is 1. The van der Waals surface area contributed by atoms with Crippen molar-refractivity contribution in [3.8, 4) is 0 Å². The molecule has 3 aliphatic heterocycles. The van der Waals surface area contributed by atoms with Gasteiger partial charge in [-0.1, -0.05) is 6.07 Å². The summed E-state index contributed by atoms with van der Waals surface area (Å²) in [6.07, 6.45) is 4.24. The molecular formula is C11H13IN2O. The zero-order valence-electron chi connectivity index (χ0n) is 8.40. The van der Waals surface area contributed by atoms with Crippen LogP contribution in [-0.2, 0) is 11.3 Å². The molecule has 0 aromatic carbocycles. The first kappa shape index (κ1) is 9.99. The lowest BCUT2D eigenvalue weighted by molar-refractivity contribution is -0.182. The van der Waals surface area contributed by atoms with Gasteiger partial charge in [0.2, 0.25) is 0 Å². The third-order valence-electron chi connectivity index (χ3n) is 3.03. The Labute approximate surface area is 103 Å². The number of pyridine rings is 1. The lowest BCUT2D eigenvalue weighted by Crippen LogP contribution is -2.56. The number of rotatable bonds is 2. The average Bonchev–Trinajstić information content (AvgIpc) is 2.21. The van der Waals surface area contributed by atoms with E-state index in [4.69, 9.17) is 4.74 Å². The standard InChI is InChI=1S/C11H13IN2O/c12-11-2-1-8(4-13-11)5-14-6-9-3-10(7-14)15-9/h1-2,4,9-10H,3,5-7H2. The molecule has 0 saturated carbocycles. The van der Waals surface area contributed by atoms with E-state index in [2.05, 4.69) is 44.6 Å². The number of hydrogen-bond donors (Lipinski definition) is 0. The van der Waals surface area contributed by atoms with Crippen molar-refractivity contribution in [2.75, 3.05) is 13.1 Å². The van der Waals surface area contributed by atoms with Gasteiger partial charge in [0, 0.05) is 32.3 Å². The Balaban J connectivity index is 1.63. The van der Waals surface area contributed by atoms with Crippen LogP contribution in [0.4, 0.5) is 0 Å². The summed E-state index contributed by atoms with van der Waals surface area (Å²) in [6.45, 7) is 3.19. The molecule has 1 aromatic rings. The number of nitrogens with zero attached hydrogens (tertiary/aromatic N) is 2. The predicted molar refractivity (Wildman–Crippen MR) is 65.5 cm³/mol. The molecule has 0 spiro atoms. The Hall–Kier alpha value is -0.200. The second-order valence-corrected chi connectivity index (χ2v) is 5.40. The first-order valence-corrected chi connectivity index (χ1v) is 6.36. The number of hydrogen-bond acceptors (Lipinski definition) is 3. The highest BCUT2D eigenvalue weighted by Gasteiger charge is 2.37. The van der Waals surface area contributed by atoms with Crippen molar-refractivity contribution < 1.29 is 4.74 Å². The third-order valence-corrected chi connectivity index (χ3v) is 3.67. The zero-order chi connectivity index (χ0) is 10.3. The molecule has 15 heavy (non-hydrogen) atoms. The van der Waals surface area contributed by atoms with Crippen molar-refractivity contribution in [2.45, 2.75) is 25.2 Å². The van der Waals surface area contributed by atoms with E-state index >= 15 is 0 Å². The van der Waals surface area contributed by atoms with E-state index < -0.39 is 0 Å². The summed E-state index contributed by atoms with van der Waals surface area (Å²) >= 11 is 2.23. The fourth-order valence-corrected chi connectivity index (χ4v) is 2.65. The zero-order valence-corrected chi connectivity index (χ0v) is 10.6. The number of piperidine rings is 1. The van der Waals surface area contributed by atoms with Crippen molar-refractivity contribution in [1.82, 2.24) is 9.88 Å². The summed E-state index contributed by atoms with van der Waals surface area (Å²) in [5.74, 6) is 0. The molecule has 3 saturated heterocycles. The molecule has 2 bridgehead atoms. The van der Waals surface area contributed by atoms with Crippen LogP contribution in [0.5, 0.6) is 0 Å². The van der Waals surface area contributed by atoms with E-state index in [1.807, 2.05) is 6.20 Å². The quantitative estimate of drug-likeness (QED) is 0.613. The summed E-state index contributed by atoms with van der Waals surface area (Å²) in [6, 6.07) is 4.23. The summed E-state index contributed by atoms with van der Waals surface area (Å²) in [5, 5.41) is 0. The van der Waals surface area contributed by atoms with Crippen molar-refractivity contribution in [1.29, 1.82) is 0 Å². The van der Waals surface area contributed by atoms with Crippen LogP contribution in [0.25, 0.3) is 0 Å². The fraction of sp³-hybridized carbons (Fsp3) is 0.545. The van der Waals surface area contributed by atoms with Crippen LogP contribution in [0.15, 0.2) is 18.3 Å². The molecule has 3 nitrogen and oxygen atoms in total. The average molecular weight is 316 g/mol. The fourth-order valence-electron chi connectivity index (χ4n) is 2.33. The van der Waals surface area contributed by atoms with Gasteiger partial charge in [0.1, 0.15) is 3.70 Å². The molecule has 0 radical (unpaired) electrons. The van der Waals surface area contributed by atoms with Crippen LogP contribution >= 0.6 is 22.6 Å². The molecule has 4 heterocycles. The molecule has 80 valence electrons. The maximum atomic E-state index is 5.60. The predicted octanol–water partition coefficient (Wildman–Crippen LogP) is 1.66. The molecule has 4 rings (SSSR count). The van der Waals surface area contributed by atoms with Gasteiger partial charge >= 0.3 is 0 Å². The summed E-state index contributed by atoms with van der Waals surface area (Å²) in [4.78, 5) is 6.77. The molecule has 4 heteroatoms. The monoisotopic (exact) mass is 316 g/mol. The lowest BCUT2D eigenvalue weighted by atomic mass is 9.98. The number of aromatic nitrogens is 1. The molecule has 2 unspecified atom stereocenters. The van der Waals surface area contributed by atoms with E-state index in [-0.39, 0.29) is 0 Å². The molecule has 0 N–H and O–H groups in total. The molecule has 3 fully saturated rings. The minimum Gasteiger partial charge on any atom is -0.372 e. The van der Waals surface area contributed by atoms with Gasteiger partial charge in [0.15, 0.2) is 0 Å². The van der Waals surface area contributed by atoms with Gasteiger partial charge in [-0.15, -0.1) is 0 Å². The topological polar surface area (TPSA) is 25.4 Å². The van der Waals surface area contributed by atoms with Crippen LogP contribution in [-0.4, -0.2) is 35.2 Å². The molecule has 3 aliphatic rings. The summed E-state index contributed by atoms with van der Waals surface area (Å²) < 4.78 is 6.66. The van der Waals surface area contributed by atoms with E-state index in [0.29, 0.717) is 12.2 Å². The van der Waals surface area contributed by atoms with Crippen molar-refractivity contribution in [2.24, 2.45) is 0 Å². The van der Waals surface area contributed by atoms with Gasteiger partial charge < -0.3 is 4.74 Å². The van der Waals surface area contributed by atoms with E-state index in [1.54, 1.807) is 0 Å². The largest absolute Gasteiger partial charge is 0.372 e. The Morgan fingerprint density at radius 1 is 1.40 bits per heavy atom. The van der Waals surface area contributed by atoms with Crippen LogP contribution in [0.2, 0.25) is 0 Å². The maximum absolute atomic E-state index is 5.60. The Kier molecular flexibility index (Phi) is 2.66. The number of halogens is 1. The first-order valence-electron chi connectivity index (χ1n) is 5.28. The molecular weight excluding hydrogens is 303 g/mol. The lowest BCUT2D eigenvalue weighted by Gasteiger charge is -2.47. The molecule has 2 atom stereocenters. The van der Waals surface area contributed by atoms with Gasteiger partial charge in [0.25, 0.3) is 0 Å². The second-order valence-electron chi connectivity index (χ2n) is 4.30. The Bertz CT molecular complexity index is 338. The van der Waals surface area contributed by atoms with Crippen LogP contribution in [0, 0.1) is 3.70 Å². The number of fused-ring (bicyclic) bond motifs is 2. The Morgan fingerprint density at radius 2 is 2.13 bits per heavy atom. The van der Waals surface area contributed by atoms with Gasteiger partial charge in [-0.3, -0.25) is 9.88 Å². The van der Waals surface area contributed by atoms with Gasteiger partial charge in [-0.2, -0.15) is 0 Å². The molecule has 0 aliphatic carbocycles. The van der Waals surface area contributed by atoms with Crippen molar-refractivity contribution in [3.63, 3.8) is 0 Å². The minimum atomic E-state index is 0.501. The van der Waals surface area contributed by atoms with Crippen LogP contribution < -0.4 is 0 Å². The summed E-state index contributed by atoms with van der Waals surface area (Å²) in [7, 11) is 0. The van der Waals surface area contributed by atoms with E-state index in [1.165, 1.54) is 12.0 Å². The maximum Gasteiger partial charge on any atom is 0.101 e. The first-order chi connectivity index (χ1) is 7.29. The van der Waals surface area contributed by atoms with E-state index in [0.717, 1.165) is 23.3 Å². The Morgan fingerprint density at radius 3 is 2.73 bits per heavy atom. The smallest absolute Gasteiger partial charge is 0.101 e. The van der Waals surface area contributed by atoms with Gasteiger partial charge in [-0.25, -0.2) is 0 Å². The van der Waals surface area contributed by atoms with Gasteiger partial charge in [0.05, 0.1) is 12.2 Å². The molecule has 0 amide bonds. The van der Waals surface area contributed by atoms with Crippen LogP contribution in [0.1, 0.15) is 12.0 Å². The second kappa shape index (κ2) is 3.99. The highest BCUT2D eigenvalue weighted by atomic mass is 127.